The minimum absolute atomic E-state index is 0.283. The number of H-pyrrole nitrogens is 2. The van der Waals surface area contributed by atoms with E-state index in [9.17, 15) is 14.4 Å². The van der Waals surface area contributed by atoms with Crippen LogP contribution in [0, 0.1) is 6.92 Å². The van der Waals surface area contributed by atoms with Crippen molar-refractivity contribution in [2.45, 2.75) is 13.5 Å². The molecule has 0 spiro atoms. The Labute approximate surface area is 107 Å². The number of nitrogens with one attached hydrogen (secondary N) is 3. The lowest BCUT2D eigenvalue weighted by molar-refractivity contribution is 0.0943. The standard InChI is InChI=1S/C12H12N4O3/c1-7-4-2-3-5-8(7)6-13-10(17)9-11(18)14-12(19)16-15-9/h2-5H,6H2,1H3,(H,13,17)(H2,14,16,18,19). The van der Waals surface area contributed by atoms with E-state index in [4.69, 9.17) is 0 Å². The smallest absolute Gasteiger partial charge is 0.342 e. The van der Waals surface area contributed by atoms with Gasteiger partial charge in [-0.15, -0.1) is 0 Å². The first-order chi connectivity index (χ1) is 9.08. The maximum absolute atomic E-state index is 11.7. The number of benzene rings is 1. The molecule has 0 radical (unpaired) electrons. The molecule has 0 aliphatic rings. The van der Waals surface area contributed by atoms with Crippen LogP contribution in [0.5, 0.6) is 0 Å². The molecule has 0 aliphatic carbocycles. The normalized spacial score (nSPS) is 10.2. The third kappa shape index (κ3) is 2.95. The summed E-state index contributed by atoms with van der Waals surface area (Å²) >= 11 is 0. The van der Waals surface area contributed by atoms with Crippen LogP contribution in [0.25, 0.3) is 0 Å². The molecule has 1 amide bonds. The van der Waals surface area contributed by atoms with Crippen LogP contribution in [-0.2, 0) is 6.54 Å². The summed E-state index contributed by atoms with van der Waals surface area (Å²) in [7, 11) is 0. The van der Waals surface area contributed by atoms with Gasteiger partial charge in [0, 0.05) is 6.54 Å². The lowest BCUT2D eigenvalue weighted by atomic mass is 10.1. The summed E-state index contributed by atoms with van der Waals surface area (Å²) in [6.45, 7) is 2.21. The van der Waals surface area contributed by atoms with Gasteiger partial charge in [0.1, 0.15) is 0 Å². The first kappa shape index (κ1) is 12.7. The Bertz CT molecular complexity index is 717. The fourth-order valence-electron chi connectivity index (χ4n) is 1.57. The summed E-state index contributed by atoms with van der Waals surface area (Å²) in [4.78, 5) is 35.8. The Morgan fingerprint density at radius 2 is 2.05 bits per heavy atom. The molecule has 7 heteroatoms. The second-order valence-corrected chi connectivity index (χ2v) is 3.96. The molecule has 1 heterocycles. The third-order valence-electron chi connectivity index (χ3n) is 2.63. The van der Waals surface area contributed by atoms with Gasteiger partial charge in [-0.05, 0) is 18.1 Å². The van der Waals surface area contributed by atoms with Crippen LogP contribution in [0.2, 0.25) is 0 Å². The molecule has 0 saturated carbocycles. The predicted molar refractivity (Wildman–Crippen MR) is 67.8 cm³/mol. The average Bonchev–Trinajstić information content (AvgIpc) is 2.37. The molecule has 2 rings (SSSR count). The SMILES string of the molecule is Cc1ccccc1CNC(=O)c1n[nH]c(=O)[nH]c1=O. The quantitative estimate of drug-likeness (QED) is 0.703. The van der Waals surface area contributed by atoms with Gasteiger partial charge >= 0.3 is 5.69 Å². The number of hydrogen-bond donors (Lipinski definition) is 3. The fourth-order valence-corrected chi connectivity index (χ4v) is 1.57. The largest absolute Gasteiger partial charge is 0.346 e. The van der Waals surface area contributed by atoms with Crippen LogP contribution >= 0.6 is 0 Å². The van der Waals surface area contributed by atoms with Gasteiger partial charge < -0.3 is 5.32 Å². The second-order valence-electron chi connectivity index (χ2n) is 3.96. The van der Waals surface area contributed by atoms with Crippen molar-refractivity contribution in [3.63, 3.8) is 0 Å². The van der Waals surface area contributed by atoms with Gasteiger partial charge in [-0.3, -0.25) is 14.6 Å². The highest BCUT2D eigenvalue weighted by atomic mass is 16.2. The average molecular weight is 260 g/mol. The van der Waals surface area contributed by atoms with E-state index in [1.807, 2.05) is 41.3 Å². The highest BCUT2D eigenvalue weighted by molar-refractivity contribution is 5.91. The molecule has 0 unspecified atom stereocenters. The maximum atomic E-state index is 11.7. The molecule has 0 aliphatic heterocycles. The van der Waals surface area contributed by atoms with Crippen molar-refractivity contribution in [1.82, 2.24) is 20.5 Å². The van der Waals surface area contributed by atoms with Gasteiger partial charge in [-0.1, -0.05) is 24.3 Å². The Hall–Kier alpha value is -2.70. The number of rotatable bonds is 3. The number of aromatic amines is 2. The Balaban J connectivity index is 2.12. The Morgan fingerprint density at radius 3 is 2.74 bits per heavy atom. The first-order valence-corrected chi connectivity index (χ1v) is 5.59. The zero-order chi connectivity index (χ0) is 13.8. The lowest BCUT2D eigenvalue weighted by Crippen LogP contribution is -2.35. The van der Waals surface area contributed by atoms with Crippen molar-refractivity contribution >= 4 is 5.91 Å². The molecule has 1 aromatic heterocycles. The summed E-state index contributed by atoms with van der Waals surface area (Å²) in [6, 6.07) is 7.56. The van der Waals surface area contributed by atoms with Crippen LogP contribution in [0.3, 0.4) is 0 Å². The summed E-state index contributed by atoms with van der Waals surface area (Å²) in [5.74, 6) is -0.638. The van der Waals surface area contributed by atoms with Gasteiger partial charge in [0.05, 0.1) is 0 Å². The molecule has 1 aromatic carbocycles. The van der Waals surface area contributed by atoms with Gasteiger partial charge in [0.15, 0.2) is 0 Å². The van der Waals surface area contributed by atoms with Crippen molar-refractivity contribution < 1.29 is 4.79 Å². The number of carbonyl (C=O) groups is 1. The molecular weight excluding hydrogens is 248 g/mol. The minimum Gasteiger partial charge on any atom is -0.346 e. The van der Waals surface area contributed by atoms with E-state index in [2.05, 4.69) is 10.4 Å². The Morgan fingerprint density at radius 1 is 1.32 bits per heavy atom. The van der Waals surface area contributed by atoms with Gasteiger partial charge in [-0.25, -0.2) is 9.89 Å². The monoisotopic (exact) mass is 260 g/mol. The van der Waals surface area contributed by atoms with Crippen molar-refractivity contribution in [1.29, 1.82) is 0 Å². The zero-order valence-corrected chi connectivity index (χ0v) is 10.2. The van der Waals surface area contributed by atoms with Crippen molar-refractivity contribution in [2.75, 3.05) is 0 Å². The van der Waals surface area contributed by atoms with Crippen LogP contribution < -0.4 is 16.6 Å². The molecule has 3 N–H and O–H groups in total. The van der Waals surface area contributed by atoms with Gasteiger partial charge in [0.25, 0.3) is 11.5 Å². The first-order valence-electron chi connectivity index (χ1n) is 5.59. The molecule has 7 nitrogen and oxygen atoms in total. The predicted octanol–water partition coefficient (Wildman–Crippen LogP) is -0.303. The number of nitrogens with zero attached hydrogens (tertiary/aromatic N) is 1. The van der Waals surface area contributed by atoms with Crippen LogP contribution in [0.4, 0.5) is 0 Å². The van der Waals surface area contributed by atoms with E-state index in [0.717, 1.165) is 11.1 Å². The van der Waals surface area contributed by atoms with Crippen LogP contribution in [0.15, 0.2) is 33.9 Å². The van der Waals surface area contributed by atoms with Crippen LogP contribution in [-0.4, -0.2) is 21.1 Å². The summed E-state index contributed by atoms with van der Waals surface area (Å²) in [6.07, 6.45) is 0. The summed E-state index contributed by atoms with van der Waals surface area (Å²) < 4.78 is 0. The number of hydrogen-bond acceptors (Lipinski definition) is 4. The molecule has 0 bridgehead atoms. The van der Waals surface area contributed by atoms with Gasteiger partial charge in [-0.2, -0.15) is 5.10 Å². The molecule has 19 heavy (non-hydrogen) atoms. The topological polar surface area (TPSA) is 108 Å². The number of amides is 1. The molecule has 2 aromatic rings. The highest BCUT2D eigenvalue weighted by Gasteiger charge is 2.12. The lowest BCUT2D eigenvalue weighted by Gasteiger charge is -2.06. The van der Waals surface area contributed by atoms with Crippen molar-refractivity contribution in [3.8, 4) is 0 Å². The summed E-state index contributed by atoms with van der Waals surface area (Å²) in [5.41, 5.74) is 0.0440. The van der Waals surface area contributed by atoms with E-state index in [1.54, 1.807) is 0 Å². The van der Waals surface area contributed by atoms with Gasteiger partial charge in [0.2, 0.25) is 5.69 Å². The fraction of sp³-hybridized carbons (Fsp3) is 0.167. The molecule has 0 saturated heterocycles. The van der Waals surface area contributed by atoms with E-state index < -0.39 is 17.2 Å². The minimum atomic E-state index is -0.814. The second kappa shape index (κ2) is 5.30. The third-order valence-corrected chi connectivity index (χ3v) is 2.63. The van der Waals surface area contributed by atoms with Crippen molar-refractivity contribution in [3.05, 3.63) is 61.9 Å². The number of aryl methyl sites for hydroxylation is 1. The van der Waals surface area contributed by atoms with Crippen LogP contribution in [0.1, 0.15) is 21.6 Å². The zero-order valence-electron chi connectivity index (χ0n) is 10.2. The van der Waals surface area contributed by atoms with E-state index in [1.165, 1.54) is 0 Å². The number of aromatic nitrogens is 3. The molecule has 0 atom stereocenters. The van der Waals surface area contributed by atoms with E-state index in [0.29, 0.717) is 0 Å². The van der Waals surface area contributed by atoms with E-state index >= 15 is 0 Å². The van der Waals surface area contributed by atoms with Crippen molar-refractivity contribution in [2.24, 2.45) is 0 Å². The molecule has 0 fully saturated rings. The molecule has 98 valence electrons. The van der Waals surface area contributed by atoms with E-state index in [-0.39, 0.29) is 12.2 Å². The molecular formula is C12H12N4O3. The summed E-state index contributed by atoms with van der Waals surface area (Å²) in [5, 5.41) is 8.00. The number of carbonyl (C=O) groups excluding carboxylic acids is 1. The maximum Gasteiger partial charge on any atom is 0.342 e. The Kier molecular flexibility index (Phi) is 3.56. The highest BCUT2D eigenvalue weighted by Crippen LogP contribution is 2.06.